The monoisotopic (exact) mass is 447 g/mol. The number of nitrogens with zero attached hydrogens (tertiary/aromatic N) is 7. The molecule has 0 unspecified atom stereocenters. The maximum Gasteiger partial charge on any atom is 0.230 e. The van der Waals surface area contributed by atoms with Crippen LogP contribution in [0.5, 0.6) is 0 Å². The van der Waals surface area contributed by atoms with Crippen LogP contribution in [0.2, 0.25) is 0 Å². The fraction of sp³-hybridized carbons (Fsp3) is 0.579. The molecule has 2 aromatic rings. The molecular formula is C19H25N7O2S2. The Morgan fingerprint density at radius 3 is 2.40 bits per heavy atom. The van der Waals surface area contributed by atoms with Crippen molar-refractivity contribution in [1.82, 2.24) is 24.8 Å². The predicted octanol–water partition coefficient (Wildman–Crippen LogP) is 1.32. The second-order valence-electron chi connectivity index (χ2n) is 7.27. The van der Waals surface area contributed by atoms with E-state index in [-0.39, 0.29) is 18.1 Å². The molecule has 1 amide bonds. The first-order valence-electron chi connectivity index (χ1n) is 9.98. The standard InChI is InChI=1S/C19H25N7O2S2/c1-13(27)11-14(28)24-3-5-26(6-4-24)19-22-16-15(20-12-21-18(16)29-2)17(23-19)25-7-9-30-10-8-25/h12H,3-11H2,1-2H3. The summed E-state index contributed by atoms with van der Waals surface area (Å²) in [6, 6.07) is 0. The van der Waals surface area contributed by atoms with Gasteiger partial charge >= 0.3 is 0 Å². The Kier molecular flexibility index (Phi) is 6.57. The summed E-state index contributed by atoms with van der Waals surface area (Å²) >= 11 is 3.50. The highest BCUT2D eigenvalue weighted by Gasteiger charge is 2.26. The number of rotatable bonds is 5. The first kappa shape index (κ1) is 21.1. The molecule has 11 heteroatoms. The lowest BCUT2D eigenvalue weighted by Gasteiger charge is -2.35. The number of amides is 1. The molecule has 2 fully saturated rings. The van der Waals surface area contributed by atoms with Gasteiger partial charge in [0.1, 0.15) is 28.2 Å². The fourth-order valence-electron chi connectivity index (χ4n) is 3.67. The Morgan fingerprint density at radius 1 is 1.00 bits per heavy atom. The molecule has 4 rings (SSSR count). The summed E-state index contributed by atoms with van der Waals surface area (Å²) in [5, 5.41) is 0.839. The van der Waals surface area contributed by atoms with E-state index in [1.807, 2.05) is 18.0 Å². The summed E-state index contributed by atoms with van der Waals surface area (Å²) in [7, 11) is 0. The van der Waals surface area contributed by atoms with E-state index in [2.05, 4.69) is 19.8 Å². The molecule has 160 valence electrons. The van der Waals surface area contributed by atoms with Crippen molar-refractivity contribution in [3.8, 4) is 0 Å². The van der Waals surface area contributed by atoms with Gasteiger partial charge in [0.25, 0.3) is 0 Å². The van der Waals surface area contributed by atoms with Gasteiger partial charge in [-0.1, -0.05) is 0 Å². The molecule has 2 saturated heterocycles. The molecule has 4 heterocycles. The van der Waals surface area contributed by atoms with Crippen LogP contribution in [0.25, 0.3) is 11.0 Å². The molecule has 0 aliphatic carbocycles. The number of fused-ring (bicyclic) bond motifs is 1. The van der Waals surface area contributed by atoms with Gasteiger partial charge in [-0.05, 0) is 13.2 Å². The zero-order chi connectivity index (χ0) is 21.1. The van der Waals surface area contributed by atoms with E-state index in [0.717, 1.165) is 46.5 Å². The van der Waals surface area contributed by atoms with Gasteiger partial charge in [-0.15, -0.1) is 11.8 Å². The zero-order valence-electron chi connectivity index (χ0n) is 17.2. The molecule has 0 spiro atoms. The fourth-order valence-corrected chi connectivity index (χ4v) is 5.06. The smallest absolute Gasteiger partial charge is 0.230 e. The van der Waals surface area contributed by atoms with Crippen LogP contribution in [0.4, 0.5) is 11.8 Å². The van der Waals surface area contributed by atoms with Gasteiger partial charge in [-0.25, -0.2) is 15.0 Å². The topological polar surface area (TPSA) is 95.4 Å². The van der Waals surface area contributed by atoms with E-state index < -0.39 is 0 Å². The quantitative estimate of drug-likeness (QED) is 0.379. The number of hydrogen-bond acceptors (Lipinski definition) is 10. The third kappa shape index (κ3) is 4.46. The first-order valence-corrected chi connectivity index (χ1v) is 12.4. The molecule has 0 N–H and O–H groups in total. The molecule has 0 saturated carbocycles. The maximum absolute atomic E-state index is 12.2. The van der Waals surface area contributed by atoms with E-state index in [4.69, 9.17) is 9.97 Å². The van der Waals surface area contributed by atoms with Crippen LogP contribution < -0.4 is 9.80 Å². The third-order valence-corrected chi connectivity index (χ3v) is 6.87. The highest BCUT2D eigenvalue weighted by atomic mass is 32.2. The summed E-state index contributed by atoms with van der Waals surface area (Å²) in [5.74, 6) is 3.44. The van der Waals surface area contributed by atoms with E-state index in [0.29, 0.717) is 32.1 Å². The molecule has 2 aromatic heterocycles. The maximum atomic E-state index is 12.2. The van der Waals surface area contributed by atoms with Crippen molar-refractivity contribution in [2.45, 2.75) is 18.4 Å². The van der Waals surface area contributed by atoms with Crippen molar-refractivity contribution < 1.29 is 9.59 Å². The van der Waals surface area contributed by atoms with Crippen LogP contribution in [0.3, 0.4) is 0 Å². The Hall–Kier alpha value is -2.14. The van der Waals surface area contributed by atoms with Crippen LogP contribution in [-0.4, -0.2) is 93.6 Å². The number of hydrogen-bond donors (Lipinski definition) is 0. The molecule has 0 atom stereocenters. The minimum atomic E-state index is -0.105. The van der Waals surface area contributed by atoms with Crippen molar-refractivity contribution in [2.24, 2.45) is 0 Å². The lowest BCUT2D eigenvalue weighted by molar-refractivity contribution is -0.135. The van der Waals surface area contributed by atoms with Crippen molar-refractivity contribution in [2.75, 3.05) is 66.8 Å². The molecule has 0 aromatic carbocycles. The number of anilines is 2. The van der Waals surface area contributed by atoms with Crippen molar-refractivity contribution in [3.05, 3.63) is 6.33 Å². The predicted molar refractivity (Wildman–Crippen MR) is 121 cm³/mol. The Morgan fingerprint density at radius 2 is 1.73 bits per heavy atom. The number of aromatic nitrogens is 4. The van der Waals surface area contributed by atoms with E-state index in [9.17, 15) is 9.59 Å². The number of thioether (sulfide) groups is 2. The normalized spacial score (nSPS) is 17.5. The van der Waals surface area contributed by atoms with Gasteiger partial charge in [-0.3, -0.25) is 9.59 Å². The highest BCUT2D eigenvalue weighted by Crippen LogP contribution is 2.31. The molecule has 2 aliphatic heterocycles. The molecule has 30 heavy (non-hydrogen) atoms. The van der Waals surface area contributed by atoms with Crippen LogP contribution >= 0.6 is 23.5 Å². The van der Waals surface area contributed by atoms with E-state index in [1.54, 1.807) is 23.0 Å². The summed E-state index contributed by atoms with van der Waals surface area (Å²) in [4.78, 5) is 48.2. The van der Waals surface area contributed by atoms with Crippen LogP contribution in [0, 0.1) is 0 Å². The van der Waals surface area contributed by atoms with Gasteiger partial charge in [0.15, 0.2) is 5.82 Å². The van der Waals surface area contributed by atoms with E-state index in [1.165, 1.54) is 6.92 Å². The molecular weight excluding hydrogens is 422 g/mol. The minimum absolute atomic E-state index is 0.0297. The summed E-state index contributed by atoms with van der Waals surface area (Å²) in [6.45, 7) is 5.70. The lowest BCUT2D eigenvalue weighted by atomic mass is 10.2. The Balaban J connectivity index is 1.63. The Labute approximate surface area is 184 Å². The average molecular weight is 448 g/mol. The number of carbonyl (C=O) groups excluding carboxylic acids is 2. The zero-order valence-corrected chi connectivity index (χ0v) is 18.8. The summed E-state index contributed by atoms with van der Waals surface area (Å²) < 4.78 is 0. The average Bonchev–Trinajstić information content (AvgIpc) is 2.78. The molecule has 2 aliphatic rings. The van der Waals surface area contributed by atoms with Crippen LogP contribution in [-0.2, 0) is 9.59 Å². The molecule has 0 radical (unpaired) electrons. The largest absolute Gasteiger partial charge is 0.353 e. The molecule has 0 bridgehead atoms. The molecule has 9 nitrogen and oxygen atoms in total. The van der Waals surface area contributed by atoms with E-state index >= 15 is 0 Å². The summed E-state index contributed by atoms with van der Waals surface area (Å²) in [6.07, 6.45) is 3.54. The number of carbonyl (C=O) groups is 2. The van der Waals surface area contributed by atoms with Crippen molar-refractivity contribution in [1.29, 1.82) is 0 Å². The van der Waals surface area contributed by atoms with Crippen LogP contribution in [0.1, 0.15) is 13.3 Å². The van der Waals surface area contributed by atoms with Crippen molar-refractivity contribution >= 4 is 58.0 Å². The van der Waals surface area contributed by atoms with Gasteiger partial charge in [0, 0.05) is 50.8 Å². The SMILES string of the molecule is CSc1ncnc2c(N3CCSCC3)nc(N3CCN(C(=O)CC(C)=O)CC3)nc12. The van der Waals surface area contributed by atoms with Crippen molar-refractivity contribution in [3.63, 3.8) is 0 Å². The van der Waals surface area contributed by atoms with Crippen LogP contribution in [0.15, 0.2) is 11.4 Å². The van der Waals surface area contributed by atoms with Gasteiger partial charge < -0.3 is 14.7 Å². The van der Waals surface area contributed by atoms with Gasteiger partial charge in [-0.2, -0.15) is 16.7 Å². The minimum Gasteiger partial charge on any atom is -0.353 e. The number of ketones is 1. The van der Waals surface area contributed by atoms with Gasteiger partial charge in [0.2, 0.25) is 11.9 Å². The summed E-state index contributed by atoms with van der Waals surface area (Å²) in [5.41, 5.74) is 1.57. The highest BCUT2D eigenvalue weighted by molar-refractivity contribution is 7.99. The second-order valence-corrected chi connectivity index (χ2v) is 9.29. The van der Waals surface area contributed by atoms with Gasteiger partial charge in [0.05, 0.1) is 6.42 Å². The first-order chi connectivity index (χ1) is 14.6. The number of Topliss-reactive ketones (excluding diaryl/α,β-unsaturated/α-hetero) is 1. The number of piperazine rings is 1. The Bertz CT molecular complexity index is 944. The lowest BCUT2D eigenvalue weighted by Crippen LogP contribution is -2.49. The second kappa shape index (κ2) is 9.34. The third-order valence-electron chi connectivity index (χ3n) is 5.24.